The van der Waals surface area contributed by atoms with E-state index in [1.165, 1.54) is 0 Å². The number of carbonyl (C=O) groups is 1. The van der Waals surface area contributed by atoms with Crippen molar-refractivity contribution < 1.29 is 9.53 Å². The van der Waals surface area contributed by atoms with Crippen LogP contribution >= 0.6 is 0 Å². The topological polar surface area (TPSA) is 88.9 Å². The lowest BCUT2D eigenvalue weighted by Gasteiger charge is -2.41. The van der Waals surface area contributed by atoms with E-state index in [0.29, 0.717) is 19.6 Å². The first kappa shape index (κ1) is 14.4. The van der Waals surface area contributed by atoms with Crippen molar-refractivity contribution in [3.8, 4) is 0 Å². The van der Waals surface area contributed by atoms with Gasteiger partial charge in [0, 0.05) is 25.7 Å². The highest BCUT2D eigenvalue weighted by Crippen LogP contribution is 2.30. The maximum Gasteiger partial charge on any atom is 0.222 e. The van der Waals surface area contributed by atoms with Crippen LogP contribution in [0, 0.1) is 0 Å². The molecule has 0 unspecified atom stereocenters. The van der Waals surface area contributed by atoms with Crippen LogP contribution in [0.1, 0.15) is 36.6 Å². The zero-order valence-corrected chi connectivity index (χ0v) is 12.9. The van der Waals surface area contributed by atoms with Gasteiger partial charge in [-0.15, -0.1) is 5.10 Å². The number of piperidine rings is 1. The quantitative estimate of drug-likeness (QED) is 0.897. The summed E-state index contributed by atoms with van der Waals surface area (Å²) in [5.74, 6) is 0.208. The molecule has 4 heterocycles. The molecule has 23 heavy (non-hydrogen) atoms. The number of hydrogen-bond donors (Lipinski definition) is 1. The maximum atomic E-state index is 12.5. The van der Waals surface area contributed by atoms with Gasteiger partial charge in [0.2, 0.25) is 5.91 Å². The van der Waals surface area contributed by atoms with Crippen molar-refractivity contribution in [2.75, 3.05) is 13.1 Å². The van der Waals surface area contributed by atoms with Gasteiger partial charge in [-0.1, -0.05) is 5.21 Å². The normalized spacial score (nSPS) is 23.4. The third-order valence-electron chi connectivity index (χ3n) is 4.69. The van der Waals surface area contributed by atoms with Crippen LogP contribution < -0.4 is 0 Å². The molecule has 0 saturated carbocycles. The van der Waals surface area contributed by atoms with E-state index >= 15 is 0 Å². The van der Waals surface area contributed by atoms with E-state index < -0.39 is 0 Å². The average molecular weight is 316 g/mol. The molecule has 0 radical (unpaired) electrons. The summed E-state index contributed by atoms with van der Waals surface area (Å²) in [7, 11) is 0. The summed E-state index contributed by atoms with van der Waals surface area (Å²) >= 11 is 0. The Morgan fingerprint density at radius 2 is 2.39 bits per heavy atom. The van der Waals surface area contributed by atoms with E-state index in [1.54, 1.807) is 6.20 Å². The number of nitrogens with one attached hydrogen (secondary N) is 1. The Labute approximate surface area is 133 Å². The van der Waals surface area contributed by atoms with E-state index in [2.05, 4.69) is 20.5 Å². The van der Waals surface area contributed by atoms with E-state index in [9.17, 15) is 4.79 Å². The third kappa shape index (κ3) is 2.86. The zero-order valence-electron chi connectivity index (χ0n) is 12.9. The number of aromatic nitrogens is 5. The van der Waals surface area contributed by atoms with E-state index in [0.717, 1.165) is 37.1 Å². The first-order valence-electron chi connectivity index (χ1n) is 8.07. The van der Waals surface area contributed by atoms with E-state index in [4.69, 9.17) is 4.74 Å². The number of H-pyrrole nitrogens is 1. The summed E-state index contributed by atoms with van der Waals surface area (Å²) < 4.78 is 7.81. The van der Waals surface area contributed by atoms with Gasteiger partial charge < -0.3 is 9.64 Å². The third-order valence-corrected chi connectivity index (χ3v) is 4.69. The number of rotatable bonds is 4. The second-order valence-electron chi connectivity index (χ2n) is 6.18. The van der Waals surface area contributed by atoms with Gasteiger partial charge in [-0.2, -0.15) is 5.10 Å². The van der Waals surface area contributed by atoms with Crippen molar-refractivity contribution in [2.24, 2.45) is 0 Å². The van der Waals surface area contributed by atoms with Gasteiger partial charge in [0.15, 0.2) is 0 Å². The summed E-state index contributed by atoms with van der Waals surface area (Å²) in [6.45, 7) is 1.98. The van der Waals surface area contributed by atoms with Crippen LogP contribution in [-0.4, -0.2) is 55.2 Å². The average Bonchev–Trinajstić information content (AvgIpc) is 3.25. The molecule has 1 fully saturated rings. The zero-order chi connectivity index (χ0) is 15.6. The summed E-state index contributed by atoms with van der Waals surface area (Å²) in [4.78, 5) is 14.4. The molecule has 4 rings (SSSR count). The molecule has 2 aromatic rings. The number of likely N-dealkylation sites (tertiary alicyclic amines) is 1. The molecule has 0 aliphatic carbocycles. The summed E-state index contributed by atoms with van der Waals surface area (Å²) in [5.41, 5.74) is 2.13. The monoisotopic (exact) mass is 316 g/mol. The summed E-state index contributed by atoms with van der Waals surface area (Å²) in [6.07, 6.45) is 8.70. The Kier molecular flexibility index (Phi) is 3.82. The van der Waals surface area contributed by atoms with Crippen LogP contribution in [-0.2, 0) is 22.6 Å². The Morgan fingerprint density at radius 1 is 1.43 bits per heavy atom. The highest BCUT2D eigenvalue weighted by molar-refractivity contribution is 5.76. The minimum atomic E-state index is 0.0906. The van der Waals surface area contributed by atoms with Crippen molar-refractivity contribution >= 4 is 5.91 Å². The van der Waals surface area contributed by atoms with Crippen LogP contribution in [0.4, 0.5) is 0 Å². The predicted molar refractivity (Wildman–Crippen MR) is 80.4 cm³/mol. The predicted octanol–water partition coefficient (Wildman–Crippen LogP) is 0.696. The summed E-state index contributed by atoms with van der Waals surface area (Å²) in [5, 5.41) is 14.8. The second-order valence-corrected chi connectivity index (χ2v) is 6.18. The number of ether oxygens (including phenoxy) is 1. The minimum absolute atomic E-state index is 0.0906. The van der Waals surface area contributed by atoms with Gasteiger partial charge in [-0.05, 0) is 24.8 Å². The lowest BCUT2D eigenvalue weighted by Crippen LogP contribution is -2.49. The molecule has 0 bridgehead atoms. The lowest BCUT2D eigenvalue weighted by atomic mass is 9.99. The SMILES string of the molecule is O=C(CCCc1cn[nH]c1)N1CC[C@@H]2OCc3cnnn3[C@H]2C1. The molecule has 2 atom stereocenters. The van der Waals surface area contributed by atoms with Crippen molar-refractivity contribution in [3.05, 3.63) is 29.8 Å². The van der Waals surface area contributed by atoms with Crippen LogP contribution in [0.3, 0.4) is 0 Å². The van der Waals surface area contributed by atoms with Gasteiger partial charge in [-0.3, -0.25) is 9.89 Å². The maximum absolute atomic E-state index is 12.5. The smallest absolute Gasteiger partial charge is 0.222 e. The molecule has 0 aromatic carbocycles. The number of nitrogens with zero attached hydrogens (tertiary/aromatic N) is 5. The molecule has 8 heteroatoms. The van der Waals surface area contributed by atoms with Crippen molar-refractivity contribution in [2.45, 2.75) is 44.4 Å². The fourth-order valence-corrected chi connectivity index (χ4v) is 3.42. The van der Waals surface area contributed by atoms with Gasteiger partial charge >= 0.3 is 0 Å². The Hall–Kier alpha value is -2.22. The first-order chi connectivity index (χ1) is 11.3. The van der Waals surface area contributed by atoms with Crippen molar-refractivity contribution in [1.82, 2.24) is 30.1 Å². The lowest BCUT2D eigenvalue weighted by molar-refractivity contribution is -0.138. The molecule has 2 aliphatic rings. The Bertz CT molecular complexity index is 667. The van der Waals surface area contributed by atoms with Gasteiger partial charge in [0.05, 0.1) is 36.8 Å². The molecular weight excluding hydrogens is 296 g/mol. The van der Waals surface area contributed by atoms with Crippen molar-refractivity contribution in [1.29, 1.82) is 0 Å². The largest absolute Gasteiger partial charge is 0.370 e. The number of aromatic amines is 1. The second kappa shape index (κ2) is 6.11. The molecule has 1 amide bonds. The molecule has 0 spiro atoms. The van der Waals surface area contributed by atoms with Crippen LogP contribution in [0.15, 0.2) is 18.6 Å². The molecule has 1 saturated heterocycles. The number of fused-ring (bicyclic) bond motifs is 3. The molecular formula is C15H20N6O2. The standard InChI is InChI=1S/C15H20N6O2/c22-15(3-1-2-11-6-16-17-7-11)20-5-4-14-13(9-20)21-12(10-23-14)8-18-19-21/h6-8,13-14H,1-5,9-10H2,(H,16,17)/t13-,14-/m0/s1. The Morgan fingerprint density at radius 3 is 3.26 bits per heavy atom. The first-order valence-corrected chi connectivity index (χ1v) is 8.07. The van der Waals surface area contributed by atoms with E-state index in [1.807, 2.05) is 22.0 Å². The summed E-state index contributed by atoms with van der Waals surface area (Å²) in [6, 6.07) is 0.0906. The van der Waals surface area contributed by atoms with E-state index in [-0.39, 0.29) is 18.1 Å². The molecule has 2 aliphatic heterocycles. The minimum Gasteiger partial charge on any atom is -0.370 e. The van der Waals surface area contributed by atoms with Gasteiger partial charge in [0.25, 0.3) is 0 Å². The fourth-order valence-electron chi connectivity index (χ4n) is 3.42. The molecule has 2 aromatic heterocycles. The Balaban J connectivity index is 1.35. The molecule has 8 nitrogen and oxygen atoms in total. The van der Waals surface area contributed by atoms with Crippen LogP contribution in [0.25, 0.3) is 0 Å². The number of amides is 1. The number of aryl methyl sites for hydroxylation is 1. The van der Waals surface area contributed by atoms with Gasteiger partial charge in [-0.25, -0.2) is 4.68 Å². The molecule has 1 N–H and O–H groups in total. The van der Waals surface area contributed by atoms with Crippen molar-refractivity contribution in [3.63, 3.8) is 0 Å². The number of hydrogen-bond acceptors (Lipinski definition) is 5. The molecule has 122 valence electrons. The van der Waals surface area contributed by atoms with Crippen LogP contribution in [0.2, 0.25) is 0 Å². The fraction of sp³-hybridized carbons (Fsp3) is 0.600. The highest BCUT2D eigenvalue weighted by atomic mass is 16.5. The van der Waals surface area contributed by atoms with Gasteiger partial charge in [0.1, 0.15) is 0 Å². The number of carbonyl (C=O) groups excluding carboxylic acids is 1. The highest BCUT2D eigenvalue weighted by Gasteiger charge is 2.37. The van der Waals surface area contributed by atoms with Crippen LogP contribution in [0.5, 0.6) is 0 Å².